The molecule has 0 aliphatic heterocycles. The Kier molecular flexibility index (Phi) is 11.4. The molecular weight excluding hydrogens is 216 g/mol. The van der Waals surface area contributed by atoms with E-state index < -0.39 is 0 Å². The lowest BCUT2D eigenvalue weighted by molar-refractivity contribution is -0.139. The van der Waals surface area contributed by atoms with Crippen LogP contribution in [0.25, 0.3) is 0 Å². The summed E-state index contributed by atoms with van der Waals surface area (Å²) in [6.45, 7) is 4.53. The van der Waals surface area contributed by atoms with Gasteiger partial charge in [-0.15, -0.1) is 0 Å². The third-order valence-corrected chi connectivity index (χ3v) is 3.98. The second-order valence-electron chi connectivity index (χ2n) is 2.95. The van der Waals surface area contributed by atoms with Crippen LogP contribution in [0.1, 0.15) is 39.5 Å². The Morgan fingerprint density at radius 3 is 2.57 bits per heavy atom. The second-order valence-corrected chi connectivity index (χ2v) is 5.53. The maximum Gasteiger partial charge on any atom is 0.316 e. The van der Waals surface area contributed by atoms with Gasteiger partial charge in [0.05, 0.1) is 6.61 Å². The fourth-order valence-electron chi connectivity index (χ4n) is 0.939. The fourth-order valence-corrected chi connectivity index (χ4v) is 2.89. The topological polar surface area (TPSA) is 26.3 Å². The molecule has 84 valence electrons. The monoisotopic (exact) mass is 236 g/mol. The number of hydrogen-bond acceptors (Lipinski definition) is 4. The largest absolute Gasteiger partial charge is 0.465 e. The third kappa shape index (κ3) is 10.3. The Hall–Kier alpha value is 0.170. The summed E-state index contributed by atoms with van der Waals surface area (Å²) in [7, 11) is 3.38. The maximum atomic E-state index is 10.9. The molecular formula is C10H20O2S2. The van der Waals surface area contributed by atoms with Crippen LogP contribution in [0, 0.1) is 0 Å². The highest BCUT2D eigenvalue weighted by Crippen LogP contribution is 2.22. The van der Waals surface area contributed by atoms with Gasteiger partial charge in [0.15, 0.2) is 0 Å². The van der Waals surface area contributed by atoms with E-state index in [0.29, 0.717) is 12.4 Å². The molecule has 0 fully saturated rings. The summed E-state index contributed by atoms with van der Waals surface area (Å²) >= 11 is 0. The van der Waals surface area contributed by atoms with Crippen molar-refractivity contribution in [1.82, 2.24) is 0 Å². The molecule has 14 heavy (non-hydrogen) atoms. The zero-order valence-corrected chi connectivity index (χ0v) is 10.7. The molecule has 0 spiro atoms. The van der Waals surface area contributed by atoms with Crippen LogP contribution in [0.15, 0.2) is 0 Å². The number of carbonyl (C=O) groups excluding carboxylic acids is 1. The molecule has 0 aromatic carbocycles. The van der Waals surface area contributed by atoms with Gasteiger partial charge in [0.25, 0.3) is 0 Å². The molecule has 2 nitrogen and oxygen atoms in total. The Balaban J connectivity index is 3.01. The summed E-state index contributed by atoms with van der Waals surface area (Å²) in [6.07, 6.45) is 5.17. The van der Waals surface area contributed by atoms with E-state index in [-0.39, 0.29) is 5.97 Å². The van der Waals surface area contributed by atoms with Crippen LogP contribution in [0.2, 0.25) is 0 Å². The first-order valence-electron chi connectivity index (χ1n) is 5.21. The molecule has 0 aromatic rings. The Labute approximate surface area is 94.9 Å². The first-order valence-corrected chi connectivity index (χ1v) is 7.70. The van der Waals surface area contributed by atoms with Gasteiger partial charge in [0, 0.05) is 5.75 Å². The van der Waals surface area contributed by atoms with Crippen LogP contribution in [0.4, 0.5) is 0 Å². The van der Waals surface area contributed by atoms with Crippen molar-refractivity contribution in [3.05, 3.63) is 0 Å². The van der Waals surface area contributed by atoms with Gasteiger partial charge in [-0.25, -0.2) is 0 Å². The van der Waals surface area contributed by atoms with Crippen molar-refractivity contribution in [2.45, 2.75) is 39.5 Å². The van der Waals surface area contributed by atoms with E-state index in [1.165, 1.54) is 25.7 Å². The number of hydrogen-bond donors (Lipinski definition) is 0. The van der Waals surface area contributed by atoms with E-state index in [2.05, 4.69) is 6.92 Å². The SMILES string of the molecule is CCCCCCSSCC(=O)OCC. The summed E-state index contributed by atoms with van der Waals surface area (Å²) in [5.41, 5.74) is 0. The highest BCUT2D eigenvalue weighted by Gasteiger charge is 2.00. The van der Waals surface area contributed by atoms with Gasteiger partial charge in [0.2, 0.25) is 0 Å². The van der Waals surface area contributed by atoms with Gasteiger partial charge in [0.1, 0.15) is 5.75 Å². The molecule has 0 heterocycles. The molecule has 0 atom stereocenters. The molecule has 0 N–H and O–H groups in total. The van der Waals surface area contributed by atoms with E-state index in [1.807, 2.05) is 6.92 Å². The second kappa shape index (κ2) is 11.2. The van der Waals surface area contributed by atoms with Crippen LogP contribution >= 0.6 is 21.6 Å². The molecule has 0 aliphatic carbocycles. The van der Waals surface area contributed by atoms with Gasteiger partial charge < -0.3 is 4.74 Å². The number of rotatable bonds is 9. The number of carbonyl (C=O) groups is 1. The van der Waals surface area contributed by atoms with E-state index in [4.69, 9.17) is 4.74 Å². The summed E-state index contributed by atoms with van der Waals surface area (Å²) in [5, 5.41) is 0. The van der Waals surface area contributed by atoms with Crippen molar-refractivity contribution in [2.75, 3.05) is 18.1 Å². The Bertz CT molecular complexity index is 140. The van der Waals surface area contributed by atoms with Gasteiger partial charge in [-0.2, -0.15) is 0 Å². The fraction of sp³-hybridized carbons (Fsp3) is 0.900. The zero-order chi connectivity index (χ0) is 10.6. The minimum atomic E-state index is -0.0986. The summed E-state index contributed by atoms with van der Waals surface area (Å²) in [4.78, 5) is 10.9. The van der Waals surface area contributed by atoms with E-state index in [1.54, 1.807) is 21.6 Å². The Morgan fingerprint density at radius 2 is 1.93 bits per heavy atom. The molecule has 0 saturated heterocycles. The van der Waals surface area contributed by atoms with Crippen LogP contribution in [-0.4, -0.2) is 24.1 Å². The van der Waals surface area contributed by atoms with E-state index >= 15 is 0 Å². The predicted octanol–water partition coefficient (Wildman–Crippen LogP) is 3.51. The summed E-state index contributed by atoms with van der Waals surface area (Å²) in [5.74, 6) is 1.52. The van der Waals surface area contributed by atoms with Crippen molar-refractivity contribution in [1.29, 1.82) is 0 Å². The standard InChI is InChI=1S/C10H20O2S2/c1-3-5-6-7-8-13-14-9-10(11)12-4-2/h3-9H2,1-2H3. The van der Waals surface area contributed by atoms with Gasteiger partial charge >= 0.3 is 5.97 Å². The molecule has 0 bridgehead atoms. The van der Waals surface area contributed by atoms with Gasteiger partial charge in [-0.05, 0) is 13.3 Å². The number of esters is 1. The van der Waals surface area contributed by atoms with Crippen molar-refractivity contribution < 1.29 is 9.53 Å². The van der Waals surface area contributed by atoms with E-state index in [9.17, 15) is 4.79 Å². The average Bonchev–Trinajstić information content (AvgIpc) is 2.17. The van der Waals surface area contributed by atoms with Crippen LogP contribution in [-0.2, 0) is 9.53 Å². The lowest BCUT2D eigenvalue weighted by atomic mass is 10.2. The third-order valence-electron chi connectivity index (χ3n) is 1.65. The van der Waals surface area contributed by atoms with Gasteiger partial charge in [-0.1, -0.05) is 47.8 Å². The number of ether oxygens (including phenoxy) is 1. The quantitative estimate of drug-likeness (QED) is 0.348. The highest BCUT2D eigenvalue weighted by molar-refractivity contribution is 8.76. The highest BCUT2D eigenvalue weighted by atomic mass is 33.1. The van der Waals surface area contributed by atoms with Gasteiger partial charge in [-0.3, -0.25) is 4.79 Å². The minimum Gasteiger partial charge on any atom is -0.465 e. The van der Waals surface area contributed by atoms with Crippen LogP contribution in [0.5, 0.6) is 0 Å². The molecule has 0 aliphatic rings. The van der Waals surface area contributed by atoms with Crippen molar-refractivity contribution in [3.63, 3.8) is 0 Å². The normalized spacial score (nSPS) is 10.1. The smallest absolute Gasteiger partial charge is 0.316 e. The van der Waals surface area contributed by atoms with Crippen molar-refractivity contribution in [2.24, 2.45) is 0 Å². The first kappa shape index (κ1) is 14.2. The number of unbranched alkanes of at least 4 members (excludes halogenated alkanes) is 3. The van der Waals surface area contributed by atoms with Crippen molar-refractivity contribution >= 4 is 27.6 Å². The average molecular weight is 236 g/mol. The molecule has 0 aromatic heterocycles. The Morgan fingerprint density at radius 1 is 1.14 bits per heavy atom. The molecule has 0 amide bonds. The molecule has 0 unspecified atom stereocenters. The molecule has 4 heteroatoms. The molecule has 0 rings (SSSR count). The minimum absolute atomic E-state index is 0.0986. The van der Waals surface area contributed by atoms with Crippen molar-refractivity contribution in [3.8, 4) is 0 Å². The summed E-state index contributed by atoms with van der Waals surface area (Å²) in [6, 6.07) is 0. The maximum absolute atomic E-state index is 10.9. The lowest BCUT2D eigenvalue weighted by Gasteiger charge is -2.01. The summed E-state index contributed by atoms with van der Waals surface area (Å²) < 4.78 is 4.81. The van der Waals surface area contributed by atoms with Crippen LogP contribution in [0.3, 0.4) is 0 Å². The molecule has 0 radical (unpaired) electrons. The zero-order valence-electron chi connectivity index (χ0n) is 9.08. The predicted molar refractivity (Wildman–Crippen MR) is 65.7 cm³/mol. The molecule has 0 saturated carbocycles. The lowest BCUT2D eigenvalue weighted by Crippen LogP contribution is -2.05. The first-order chi connectivity index (χ1) is 6.81. The van der Waals surface area contributed by atoms with Crippen LogP contribution < -0.4 is 0 Å². The van der Waals surface area contributed by atoms with E-state index in [0.717, 1.165) is 5.75 Å².